The number of hydrogen-bond acceptors (Lipinski definition) is 3. The van der Waals surface area contributed by atoms with Crippen LogP contribution in [0.3, 0.4) is 0 Å². The second-order valence-electron chi connectivity index (χ2n) is 3.86. The molecule has 0 aliphatic rings. The molecular formula is C11H15BrN2O2. The Bertz CT molecular complexity index is 357. The van der Waals surface area contributed by atoms with Crippen LogP contribution in [0.5, 0.6) is 5.88 Å². The summed E-state index contributed by atoms with van der Waals surface area (Å²) in [7, 11) is 1.57. The number of methoxy groups -OCH3 is 1. The second-order valence-corrected chi connectivity index (χ2v) is 5.85. The van der Waals surface area contributed by atoms with Crippen molar-refractivity contribution in [1.82, 2.24) is 10.3 Å². The average Bonchev–Trinajstić information content (AvgIpc) is 2.25. The van der Waals surface area contributed by atoms with Crippen molar-refractivity contribution in [3.63, 3.8) is 0 Å². The molecule has 0 atom stereocenters. The van der Waals surface area contributed by atoms with Gasteiger partial charge in [-0.15, -0.1) is 0 Å². The summed E-state index contributed by atoms with van der Waals surface area (Å²) >= 11 is 3.29. The van der Waals surface area contributed by atoms with Gasteiger partial charge in [0.05, 0.1) is 11.4 Å². The molecule has 88 valence electrons. The van der Waals surface area contributed by atoms with Crippen molar-refractivity contribution < 1.29 is 9.53 Å². The van der Waals surface area contributed by atoms with E-state index >= 15 is 0 Å². The van der Waals surface area contributed by atoms with E-state index in [0.717, 1.165) is 5.56 Å². The van der Waals surface area contributed by atoms with Crippen molar-refractivity contribution in [3.8, 4) is 5.88 Å². The molecule has 1 aromatic rings. The SMILES string of the molecule is COc1ccc(CNC(=O)C(C)(C)Br)cn1. The molecule has 1 amide bonds. The Balaban J connectivity index is 2.52. The van der Waals surface area contributed by atoms with E-state index in [0.29, 0.717) is 12.4 Å². The molecule has 0 aliphatic carbocycles. The summed E-state index contributed by atoms with van der Waals surface area (Å²) in [5.74, 6) is 0.513. The lowest BCUT2D eigenvalue weighted by molar-refractivity contribution is -0.122. The van der Waals surface area contributed by atoms with Crippen LogP contribution in [0.4, 0.5) is 0 Å². The Morgan fingerprint density at radius 2 is 2.25 bits per heavy atom. The molecule has 1 N–H and O–H groups in total. The van der Waals surface area contributed by atoms with Crippen LogP contribution in [0.1, 0.15) is 19.4 Å². The molecule has 0 saturated carbocycles. The number of halogens is 1. The van der Waals surface area contributed by atoms with Gasteiger partial charge in [-0.1, -0.05) is 22.0 Å². The van der Waals surface area contributed by atoms with Crippen LogP contribution in [-0.4, -0.2) is 22.3 Å². The number of hydrogen-bond donors (Lipinski definition) is 1. The van der Waals surface area contributed by atoms with Gasteiger partial charge in [-0.05, 0) is 19.4 Å². The highest BCUT2D eigenvalue weighted by atomic mass is 79.9. The van der Waals surface area contributed by atoms with Gasteiger partial charge >= 0.3 is 0 Å². The number of nitrogens with one attached hydrogen (secondary N) is 1. The van der Waals surface area contributed by atoms with E-state index in [1.807, 2.05) is 6.07 Å². The molecule has 0 aromatic carbocycles. The third-order valence-electron chi connectivity index (χ3n) is 2.00. The topological polar surface area (TPSA) is 51.2 Å². The maximum Gasteiger partial charge on any atom is 0.236 e. The first-order chi connectivity index (χ1) is 7.43. The minimum atomic E-state index is -0.549. The second kappa shape index (κ2) is 5.30. The fourth-order valence-corrected chi connectivity index (χ4v) is 1.17. The van der Waals surface area contributed by atoms with Crippen LogP contribution < -0.4 is 10.1 Å². The Morgan fingerprint density at radius 3 is 2.69 bits per heavy atom. The standard InChI is InChI=1S/C11H15BrN2O2/c1-11(2,12)10(15)14-7-8-4-5-9(16-3)13-6-8/h4-6H,7H2,1-3H3,(H,14,15). The molecule has 4 nitrogen and oxygen atoms in total. The Labute approximate surface area is 104 Å². The van der Waals surface area contributed by atoms with Gasteiger partial charge in [-0.2, -0.15) is 0 Å². The molecule has 0 unspecified atom stereocenters. The molecule has 0 spiro atoms. The minimum Gasteiger partial charge on any atom is -0.481 e. The predicted molar refractivity (Wildman–Crippen MR) is 65.6 cm³/mol. The summed E-state index contributed by atoms with van der Waals surface area (Å²) < 4.78 is 4.39. The third kappa shape index (κ3) is 3.81. The third-order valence-corrected chi connectivity index (χ3v) is 2.36. The van der Waals surface area contributed by atoms with Crippen molar-refractivity contribution in [2.45, 2.75) is 24.7 Å². The van der Waals surface area contributed by atoms with Gasteiger partial charge < -0.3 is 10.1 Å². The Morgan fingerprint density at radius 1 is 1.56 bits per heavy atom. The van der Waals surface area contributed by atoms with Gasteiger partial charge in [-0.3, -0.25) is 4.79 Å². The van der Waals surface area contributed by atoms with E-state index in [-0.39, 0.29) is 5.91 Å². The first kappa shape index (κ1) is 13.0. The van der Waals surface area contributed by atoms with Gasteiger partial charge in [0.25, 0.3) is 0 Å². The fourth-order valence-electron chi connectivity index (χ4n) is 1.03. The van der Waals surface area contributed by atoms with Crippen LogP contribution >= 0.6 is 15.9 Å². The molecule has 0 radical (unpaired) electrons. The molecule has 0 aliphatic heterocycles. The number of carbonyl (C=O) groups excluding carboxylic acids is 1. The smallest absolute Gasteiger partial charge is 0.236 e. The van der Waals surface area contributed by atoms with Crippen molar-refractivity contribution in [2.75, 3.05) is 7.11 Å². The van der Waals surface area contributed by atoms with Gasteiger partial charge in [0.15, 0.2) is 0 Å². The normalized spacial score (nSPS) is 11.0. The van der Waals surface area contributed by atoms with E-state index in [9.17, 15) is 4.79 Å². The molecule has 0 saturated heterocycles. The molecular weight excluding hydrogens is 272 g/mol. The van der Waals surface area contributed by atoms with E-state index in [1.165, 1.54) is 0 Å². The van der Waals surface area contributed by atoms with Crippen molar-refractivity contribution in [3.05, 3.63) is 23.9 Å². The van der Waals surface area contributed by atoms with Gasteiger partial charge in [-0.25, -0.2) is 4.98 Å². The van der Waals surface area contributed by atoms with E-state index < -0.39 is 4.32 Å². The zero-order chi connectivity index (χ0) is 12.2. The summed E-state index contributed by atoms with van der Waals surface area (Å²) in [6, 6.07) is 3.63. The van der Waals surface area contributed by atoms with E-state index in [2.05, 4.69) is 26.2 Å². The average molecular weight is 287 g/mol. The highest BCUT2D eigenvalue weighted by molar-refractivity contribution is 9.10. The van der Waals surface area contributed by atoms with Gasteiger partial charge in [0.1, 0.15) is 0 Å². The molecule has 1 heterocycles. The summed E-state index contributed by atoms with van der Waals surface area (Å²) in [5, 5.41) is 2.81. The maximum absolute atomic E-state index is 11.6. The first-order valence-corrected chi connectivity index (χ1v) is 5.69. The summed E-state index contributed by atoms with van der Waals surface area (Å²) in [4.78, 5) is 15.6. The van der Waals surface area contributed by atoms with Gasteiger partial charge in [0, 0.05) is 18.8 Å². The number of rotatable bonds is 4. The highest BCUT2D eigenvalue weighted by Crippen LogP contribution is 2.15. The Hall–Kier alpha value is -1.10. The first-order valence-electron chi connectivity index (χ1n) is 4.89. The zero-order valence-electron chi connectivity index (χ0n) is 9.58. The summed E-state index contributed by atoms with van der Waals surface area (Å²) in [5.41, 5.74) is 0.936. The Kier molecular flexibility index (Phi) is 4.29. The largest absolute Gasteiger partial charge is 0.481 e. The number of alkyl halides is 1. The molecule has 1 aromatic heterocycles. The maximum atomic E-state index is 11.6. The quantitative estimate of drug-likeness (QED) is 0.860. The van der Waals surface area contributed by atoms with Crippen molar-refractivity contribution in [2.24, 2.45) is 0 Å². The number of carbonyl (C=O) groups is 1. The fraction of sp³-hybridized carbons (Fsp3) is 0.455. The predicted octanol–water partition coefficient (Wildman–Crippen LogP) is 1.88. The highest BCUT2D eigenvalue weighted by Gasteiger charge is 2.22. The monoisotopic (exact) mass is 286 g/mol. The molecule has 0 bridgehead atoms. The van der Waals surface area contributed by atoms with Crippen LogP contribution in [0.15, 0.2) is 18.3 Å². The number of pyridine rings is 1. The number of aromatic nitrogens is 1. The van der Waals surface area contributed by atoms with Crippen molar-refractivity contribution in [1.29, 1.82) is 0 Å². The molecule has 16 heavy (non-hydrogen) atoms. The van der Waals surface area contributed by atoms with E-state index in [4.69, 9.17) is 4.74 Å². The lowest BCUT2D eigenvalue weighted by Gasteiger charge is -2.15. The number of ether oxygens (including phenoxy) is 1. The minimum absolute atomic E-state index is 0.0525. The molecule has 5 heteroatoms. The lowest BCUT2D eigenvalue weighted by atomic mass is 10.2. The molecule has 0 fully saturated rings. The molecule has 1 rings (SSSR count). The summed E-state index contributed by atoms with van der Waals surface area (Å²) in [6.45, 7) is 4.06. The van der Waals surface area contributed by atoms with Crippen LogP contribution in [0.2, 0.25) is 0 Å². The summed E-state index contributed by atoms with van der Waals surface area (Å²) in [6.07, 6.45) is 1.68. The zero-order valence-corrected chi connectivity index (χ0v) is 11.2. The number of amides is 1. The van der Waals surface area contributed by atoms with Crippen LogP contribution in [0, 0.1) is 0 Å². The van der Waals surface area contributed by atoms with E-state index in [1.54, 1.807) is 33.2 Å². The van der Waals surface area contributed by atoms with Crippen molar-refractivity contribution >= 4 is 21.8 Å². The number of nitrogens with zero attached hydrogens (tertiary/aromatic N) is 1. The van der Waals surface area contributed by atoms with Gasteiger partial charge in [0.2, 0.25) is 11.8 Å². The van der Waals surface area contributed by atoms with Crippen LogP contribution in [-0.2, 0) is 11.3 Å². The van der Waals surface area contributed by atoms with Crippen LogP contribution in [0.25, 0.3) is 0 Å². The lowest BCUT2D eigenvalue weighted by Crippen LogP contribution is -2.37.